The number of hydrogen-bond acceptors (Lipinski definition) is 3. The van der Waals surface area contributed by atoms with E-state index in [1.54, 1.807) is 11.8 Å². The molecule has 82 valence electrons. The van der Waals surface area contributed by atoms with Crippen LogP contribution in [0.4, 0.5) is 0 Å². The quantitative estimate of drug-likeness (QED) is 0.566. The van der Waals surface area contributed by atoms with Crippen molar-refractivity contribution in [2.75, 3.05) is 12.4 Å². The topological polar surface area (TPSA) is 26.3 Å². The summed E-state index contributed by atoms with van der Waals surface area (Å²) in [6.07, 6.45) is 0.856. The monoisotopic (exact) mass is 224 g/mol. The van der Waals surface area contributed by atoms with Crippen molar-refractivity contribution in [2.45, 2.75) is 25.2 Å². The maximum absolute atomic E-state index is 11.7. The van der Waals surface area contributed by atoms with Gasteiger partial charge < -0.3 is 4.74 Å². The number of carbonyl (C=O) groups is 1. The van der Waals surface area contributed by atoms with E-state index < -0.39 is 0 Å². The summed E-state index contributed by atoms with van der Waals surface area (Å²) in [4.78, 5) is 12.7. The van der Waals surface area contributed by atoms with E-state index in [9.17, 15) is 4.79 Å². The zero-order valence-electron chi connectivity index (χ0n) is 9.16. The summed E-state index contributed by atoms with van der Waals surface area (Å²) < 4.78 is 5.11. The molecule has 0 unspecified atom stereocenters. The lowest BCUT2D eigenvalue weighted by Crippen LogP contribution is -2.07. The van der Waals surface area contributed by atoms with Crippen LogP contribution in [0.25, 0.3) is 0 Å². The summed E-state index contributed by atoms with van der Waals surface area (Å²) >= 11 is 1.66. The third-order valence-corrected chi connectivity index (χ3v) is 2.80. The molecule has 0 radical (unpaired) electrons. The van der Waals surface area contributed by atoms with Gasteiger partial charge in [-0.2, -0.15) is 0 Å². The lowest BCUT2D eigenvalue weighted by atomic mass is 10.2. The highest BCUT2D eigenvalue weighted by molar-refractivity contribution is 7.99. The van der Waals surface area contributed by atoms with Crippen molar-refractivity contribution in [3.8, 4) is 0 Å². The van der Waals surface area contributed by atoms with Gasteiger partial charge >= 0.3 is 5.97 Å². The second-order valence-electron chi connectivity index (χ2n) is 3.07. The SMILES string of the molecule is CCCOC(=O)c1ccccc1SCC. The molecule has 1 aromatic carbocycles. The smallest absolute Gasteiger partial charge is 0.339 e. The molecular weight excluding hydrogens is 208 g/mol. The minimum atomic E-state index is -0.214. The van der Waals surface area contributed by atoms with Crippen LogP contribution in [-0.2, 0) is 4.74 Å². The Labute approximate surface area is 95.0 Å². The number of hydrogen-bond donors (Lipinski definition) is 0. The second-order valence-corrected chi connectivity index (χ2v) is 4.37. The van der Waals surface area contributed by atoms with E-state index in [4.69, 9.17) is 4.74 Å². The zero-order chi connectivity index (χ0) is 11.1. The highest BCUT2D eigenvalue weighted by atomic mass is 32.2. The molecule has 0 aliphatic carbocycles. The Balaban J connectivity index is 2.77. The van der Waals surface area contributed by atoms with Gasteiger partial charge in [0.1, 0.15) is 0 Å². The van der Waals surface area contributed by atoms with E-state index in [1.165, 1.54) is 0 Å². The highest BCUT2D eigenvalue weighted by Gasteiger charge is 2.11. The van der Waals surface area contributed by atoms with Crippen molar-refractivity contribution >= 4 is 17.7 Å². The molecule has 0 aromatic heterocycles. The van der Waals surface area contributed by atoms with Gasteiger partial charge in [-0.1, -0.05) is 26.0 Å². The van der Waals surface area contributed by atoms with Gasteiger partial charge in [0.05, 0.1) is 12.2 Å². The Morgan fingerprint density at radius 2 is 2.07 bits per heavy atom. The van der Waals surface area contributed by atoms with E-state index in [0.29, 0.717) is 12.2 Å². The van der Waals surface area contributed by atoms with Crippen LogP contribution in [0.2, 0.25) is 0 Å². The molecule has 1 rings (SSSR count). The zero-order valence-corrected chi connectivity index (χ0v) is 9.97. The Morgan fingerprint density at radius 1 is 1.33 bits per heavy atom. The Kier molecular flexibility index (Phi) is 5.26. The number of ether oxygens (including phenoxy) is 1. The van der Waals surface area contributed by atoms with Gasteiger partial charge in [-0.25, -0.2) is 4.79 Å². The van der Waals surface area contributed by atoms with Crippen molar-refractivity contribution in [1.82, 2.24) is 0 Å². The molecule has 0 bridgehead atoms. The van der Waals surface area contributed by atoms with E-state index >= 15 is 0 Å². The maximum Gasteiger partial charge on any atom is 0.339 e. The molecule has 0 saturated heterocycles. The van der Waals surface area contributed by atoms with Gasteiger partial charge in [-0.3, -0.25) is 0 Å². The molecule has 2 nitrogen and oxygen atoms in total. The largest absolute Gasteiger partial charge is 0.462 e. The van der Waals surface area contributed by atoms with Crippen molar-refractivity contribution in [3.63, 3.8) is 0 Å². The number of rotatable bonds is 5. The fraction of sp³-hybridized carbons (Fsp3) is 0.417. The van der Waals surface area contributed by atoms with Crippen LogP contribution in [0.15, 0.2) is 29.2 Å². The number of carbonyl (C=O) groups excluding carboxylic acids is 1. The summed E-state index contributed by atoms with van der Waals surface area (Å²) in [7, 11) is 0. The molecule has 15 heavy (non-hydrogen) atoms. The van der Waals surface area contributed by atoms with Crippen molar-refractivity contribution < 1.29 is 9.53 Å². The fourth-order valence-electron chi connectivity index (χ4n) is 1.19. The molecule has 1 aromatic rings. The van der Waals surface area contributed by atoms with E-state index in [2.05, 4.69) is 6.92 Å². The van der Waals surface area contributed by atoms with Crippen LogP contribution in [0, 0.1) is 0 Å². The molecule has 0 atom stereocenters. The lowest BCUT2D eigenvalue weighted by Gasteiger charge is -2.07. The third kappa shape index (κ3) is 3.59. The van der Waals surface area contributed by atoms with Gasteiger partial charge in [-0.15, -0.1) is 11.8 Å². The predicted octanol–water partition coefficient (Wildman–Crippen LogP) is 3.37. The Hall–Kier alpha value is -0.960. The number of esters is 1. The van der Waals surface area contributed by atoms with E-state index in [1.807, 2.05) is 31.2 Å². The molecule has 0 amide bonds. The molecular formula is C12H16O2S. The molecule has 0 heterocycles. The summed E-state index contributed by atoms with van der Waals surface area (Å²) in [5, 5.41) is 0. The minimum absolute atomic E-state index is 0.214. The standard InChI is InChI=1S/C12H16O2S/c1-3-9-14-12(13)10-7-5-6-8-11(10)15-4-2/h5-8H,3-4,9H2,1-2H3. The van der Waals surface area contributed by atoms with E-state index in [0.717, 1.165) is 17.1 Å². The van der Waals surface area contributed by atoms with Gasteiger partial charge in [0, 0.05) is 4.90 Å². The first-order chi connectivity index (χ1) is 7.29. The Morgan fingerprint density at radius 3 is 2.73 bits per heavy atom. The summed E-state index contributed by atoms with van der Waals surface area (Å²) in [5.74, 6) is 0.742. The lowest BCUT2D eigenvalue weighted by molar-refractivity contribution is 0.0501. The first-order valence-corrected chi connectivity index (χ1v) is 6.17. The summed E-state index contributed by atoms with van der Waals surface area (Å²) in [5.41, 5.74) is 0.679. The minimum Gasteiger partial charge on any atom is -0.462 e. The van der Waals surface area contributed by atoms with Crippen LogP contribution in [-0.4, -0.2) is 18.3 Å². The van der Waals surface area contributed by atoms with Gasteiger partial charge in [-0.05, 0) is 24.3 Å². The van der Waals surface area contributed by atoms with Crippen molar-refractivity contribution in [1.29, 1.82) is 0 Å². The average Bonchev–Trinajstić information content (AvgIpc) is 2.27. The third-order valence-electron chi connectivity index (χ3n) is 1.84. The first kappa shape index (κ1) is 12.1. The Bertz CT molecular complexity index is 323. The maximum atomic E-state index is 11.7. The molecule has 0 N–H and O–H groups in total. The predicted molar refractivity (Wildman–Crippen MR) is 63.4 cm³/mol. The highest BCUT2D eigenvalue weighted by Crippen LogP contribution is 2.22. The van der Waals surface area contributed by atoms with Crippen molar-refractivity contribution in [3.05, 3.63) is 29.8 Å². The number of thioether (sulfide) groups is 1. The molecule has 0 spiro atoms. The normalized spacial score (nSPS) is 10.0. The van der Waals surface area contributed by atoms with Crippen LogP contribution >= 0.6 is 11.8 Å². The van der Waals surface area contributed by atoms with Gasteiger partial charge in [0.2, 0.25) is 0 Å². The molecule has 0 aliphatic rings. The first-order valence-electron chi connectivity index (χ1n) is 5.18. The summed E-state index contributed by atoms with van der Waals surface area (Å²) in [6.45, 7) is 4.54. The fourth-order valence-corrected chi connectivity index (χ4v) is 1.98. The van der Waals surface area contributed by atoms with Crippen LogP contribution < -0.4 is 0 Å². The van der Waals surface area contributed by atoms with Crippen LogP contribution in [0.5, 0.6) is 0 Å². The molecule has 0 saturated carbocycles. The van der Waals surface area contributed by atoms with Gasteiger partial charge in [0.25, 0.3) is 0 Å². The second kappa shape index (κ2) is 6.51. The average molecular weight is 224 g/mol. The van der Waals surface area contributed by atoms with Crippen LogP contribution in [0.1, 0.15) is 30.6 Å². The van der Waals surface area contributed by atoms with Gasteiger partial charge in [0.15, 0.2) is 0 Å². The molecule has 0 fully saturated rings. The van der Waals surface area contributed by atoms with Crippen LogP contribution in [0.3, 0.4) is 0 Å². The number of benzene rings is 1. The van der Waals surface area contributed by atoms with Crippen molar-refractivity contribution in [2.24, 2.45) is 0 Å². The summed E-state index contributed by atoms with van der Waals surface area (Å²) in [6, 6.07) is 7.57. The van der Waals surface area contributed by atoms with E-state index in [-0.39, 0.29) is 5.97 Å². The molecule has 3 heteroatoms. The molecule has 0 aliphatic heterocycles.